The first-order valence-electron chi connectivity index (χ1n) is 7.94. The fourth-order valence-electron chi connectivity index (χ4n) is 2.55. The van der Waals surface area contributed by atoms with E-state index in [1.54, 1.807) is 25.3 Å². The monoisotopic (exact) mass is 388 g/mol. The van der Waals surface area contributed by atoms with E-state index >= 15 is 0 Å². The maximum atomic E-state index is 10.9. The van der Waals surface area contributed by atoms with Gasteiger partial charge in [0.2, 0.25) is 0 Å². The van der Waals surface area contributed by atoms with Gasteiger partial charge in [-0.05, 0) is 30.7 Å². The van der Waals surface area contributed by atoms with E-state index in [4.69, 9.17) is 16.3 Å². The van der Waals surface area contributed by atoms with Crippen molar-refractivity contribution in [2.45, 2.75) is 19.3 Å². The van der Waals surface area contributed by atoms with E-state index in [0.717, 1.165) is 16.7 Å². The Kier molecular flexibility index (Phi) is 5.85. The van der Waals surface area contributed by atoms with Crippen LogP contribution < -0.4 is 4.74 Å². The lowest BCUT2D eigenvalue weighted by atomic mass is 10.0. The molecule has 0 aliphatic heterocycles. The number of thiol groups is 1. The normalized spacial score (nSPS) is 10.9. The third-order valence-corrected chi connectivity index (χ3v) is 4.54. The largest absolute Gasteiger partial charge is 0.488 e. The fraction of sp³-hybridized carbons (Fsp3) is 0.158. The highest BCUT2D eigenvalue weighted by molar-refractivity contribution is 7.71. The van der Waals surface area contributed by atoms with Crippen LogP contribution in [-0.4, -0.2) is 18.4 Å². The van der Waals surface area contributed by atoms with Crippen LogP contribution in [0.2, 0.25) is 5.02 Å². The van der Waals surface area contributed by atoms with Crippen molar-refractivity contribution in [2.75, 3.05) is 0 Å². The molecule has 0 spiro atoms. The van der Waals surface area contributed by atoms with Gasteiger partial charge in [0.1, 0.15) is 34.6 Å². The predicted molar refractivity (Wildman–Crippen MR) is 102 cm³/mol. The molecule has 3 aromatic rings. The van der Waals surface area contributed by atoms with Crippen LogP contribution in [0.25, 0.3) is 11.1 Å². The zero-order chi connectivity index (χ0) is 18.5. The molecule has 1 aromatic heterocycles. The van der Waals surface area contributed by atoms with Gasteiger partial charge >= 0.3 is 0 Å². The summed E-state index contributed by atoms with van der Waals surface area (Å²) < 4.78 is 27.7. The summed E-state index contributed by atoms with van der Waals surface area (Å²) in [7, 11) is -2.57. The lowest BCUT2D eigenvalue weighted by molar-refractivity contribution is 0.307. The number of benzene rings is 2. The fourth-order valence-corrected chi connectivity index (χ4v) is 3.10. The van der Waals surface area contributed by atoms with E-state index in [0.29, 0.717) is 23.1 Å². The minimum atomic E-state index is -2.57. The highest BCUT2D eigenvalue weighted by atomic mass is 35.5. The van der Waals surface area contributed by atoms with Gasteiger partial charge in [-0.15, -0.1) is 0 Å². The van der Waals surface area contributed by atoms with Gasteiger partial charge in [-0.25, -0.2) is 18.4 Å². The minimum absolute atomic E-state index is 0.177. The van der Waals surface area contributed by atoms with Crippen LogP contribution in [0.15, 0.2) is 54.7 Å². The zero-order valence-electron chi connectivity index (χ0n) is 14.1. The first-order valence-corrected chi connectivity index (χ1v) is 9.68. The summed E-state index contributed by atoms with van der Waals surface area (Å²) in [6.45, 7) is 2.23. The quantitative estimate of drug-likeness (QED) is 0.650. The van der Waals surface area contributed by atoms with E-state index in [2.05, 4.69) is 9.97 Å². The molecule has 2 aromatic carbocycles. The first-order chi connectivity index (χ1) is 12.5. The van der Waals surface area contributed by atoms with Crippen molar-refractivity contribution in [1.82, 2.24) is 9.97 Å². The minimum Gasteiger partial charge on any atom is -0.488 e. The van der Waals surface area contributed by atoms with Crippen molar-refractivity contribution in [3.05, 3.63) is 76.8 Å². The smallest absolute Gasteiger partial charge is 0.147 e. The predicted octanol–water partition coefficient (Wildman–Crippen LogP) is 3.80. The highest BCUT2D eigenvalue weighted by Crippen LogP contribution is 2.34. The molecule has 134 valence electrons. The van der Waals surface area contributed by atoms with Crippen LogP contribution in [0.1, 0.15) is 17.1 Å². The molecule has 26 heavy (non-hydrogen) atoms. The second kappa shape index (κ2) is 8.29. The van der Waals surface area contributed by atoms with Gasteiger partial charge in [-0.1, -0.05) is 41.9 Å². The summed E-state index contributed by atoms with van der Waals surface area (Å²) in [6, 6.07) is 15.2. The number of nitrogens with zero attached hydrogens (tertiary/aromatic N) is 2. The van der Waals surface area contributed by atoms with Gasteiger partial charge in [0.25, 0.3) is 0 Å². The Morgan fingerprint density at radius 3 is 2.54 bits per heavy atom. The molecule has 0 bridgehead atoms. The van der Waals surface area contributed by atoms with Gasteiger partial charge < -0.3 is 4.74 Å². The molecule has 1 heterocycles. The molecule has 0 radical (unpaired) electrons. The highest BCUT2D eigenvalue weighted by Gasteiger charge is 2.13. The van der Waals surface area contributed by atoms with Crippen LogP contribution in [0.5, 0.6) is 5.75 Å². The Morgan fingerprint density at radius 1 is 1.08 bits per heavy atom. The molecule has 0 N–H and O–H groups in total. The average Bonchev–Trinajstić information content (AvgIpc) is 2.61. The summed E-state index contributed by atoms with van der Waals surface area (Å²) in [4.78, 5) is 8.44. The van der Waals surface area contributed by atoms with Crippen LogP contribution in [0.4, 0.5) is 0 Å². The number of rotatable bonds is 6. The van der Waals surface area contributed by atoms with Gasteiger partial charge in [0.05, 0.1) is 0 Å². The zero-order valence-corrected chi connectivity index (χ0v) is 15.7. The molecule has 0 aliphatic rings. The van der Waals surface area contributed by atoms with Gasteiger partial charge in [0, 0.05) is 28.0 Å². The molecule has 0 saturated heterocycles. The van der Waals surface area contributed by atoms with E-state index < -0.39 is 10.7 Å². The van der Waals surface area contributed by atoms with Crippen molar-refractivity contribution in [1.29, 1.82) is 0 Å². The molecule has 0 amide bonds. The van der Waals surface area contributed by atoms with Crippen molar-refractivity contribution in [3.63, 3.8) is 0 Å². The molecule has 0 atom stereocenters. The summed E-state index contributed by atoms with van der Waals surface area (Å²) >= 11 is 6.16. The second-order valence-electron chi connectivity index (χ2n) is 5.69. The third kappa shape index (κ3) is 4.59. The van der Waals surface area contributed by atoms with E-state index in [1.165, 1.54) is 0 Å². The molecule has 5 nitrogen and oxygen atoms in total. The SMILES string of the molecule is Cc1nc(C[SH](=O)=O)ncc1-c1cc(Cl)ccc1OCc1ccccc1. The maximum absolute atomic E-state index is 10.9. The van der Waals surface area contributed by atoms with Crippen molar-refractivity contribution in [2.24, 2.45) is 0 Å². The topological polar surface area (TPSA) is 69.2 Å². The second-order valence-corrected chi connectivity index (χ2v) is 7.11. The van der Waals surface area contributed by atoms with Crippen LogP contribution in [-0.2, 0) is 23.1 Å². The van der Waals surface area contributed by atoms with Crippen molar-refractivity contribution < 1.29 is 13.2 Å². The summed E-state index contributed by atoms with van der Waals surface area (Å²) in [5.41, 5.74) is 3.24. The van der Waals surface area contributed by atoms with Gasteiger partial charge in [-0.2, -0.15) is 0 Å². The summed E-state index contributed by atoms with van der Waals surface area (Å²) in [5.74, 6) is 0.757. The van der Waals surface area contributed by atoms with E-state index in [-0.39, 0.29) is 11.6 Å². The molecule has 3 rings (SSSR count). The Morgan fingerprint density at radius 2 is 1.85 bits per heavy atom. The number of aromatic nitrogens is 2. The molecule has 7 heteroatoms. The first kappa shape index (κ1) is 18.4. The number of hydrogen-bond acceptors (Lipinski definition) is 5. The summed E-state index contributed by atoms with van der Waals surface area (Å²) in [6.07, 6.45) is 1.61. The standard InChI is InChI=1S/C19H17ClN2O3S/c1-13-17(10-21-19(22-13)12-26(23)24)16-9-15(20)7-8-18(16)25-11-14-5-3-2-4-6-14/h2-10,26H,11-12H2,1H3. The molecule has 0 fully saturated rings. The van der Waals surface area contributed by atoms with Crippen LogP contribution in [0.3, 0.4) is 0 Å². The Bertz CT molecular complexity index is 983. The van der Waals surface area contributed by atoms with E-state index in [9.17, 15) is 8.42 Å². The van der Waals surface area contributed by atoms with Gasteiger partial charge in [-0.3, -0.25) is 0 Å². The molecular formula is C19H17ClN2O3S. The Hall–Kier alpha value is -2.44. The van der Waals surface area contributed by atoms with E-state index in [1.807, 2.05) is 36.4 Å². The number of aryl methyl sites for hydroxylation is 1. The van der Waals surface area contributed by atoms with Crippen LogP contribution >= 0.6 is 11.6 Å². The lowest BCUT2D eigenvalue weighted by Gasteiger charge is -2.14. The maximum Gasteiger partial charge on any atom is 0.147 e. The van der Waals surface area contributed by atoms with Gasteiger partial charge in [0.15, 0.2) is 0 Å². The Labute approximate surface area is 158 Å². The number of ether oxygens (including phenoxy) is 1. The van der Waals surface area contributed by atoms with Crippen molar-refractivity contribution >= 4 is 22.3 Å². The Balaban J connectivity index is 1.92. The number of hydrogen-bond donors (Lipinski definition) is 1. The summed E-state index contributed by atoms with van der Waals surface area (Å²) in [5, 5.41) is 0.568. The molecular weight excluding hydrogens is 372 g/mol. The van der Waals surface area contributed by atoms with Crippen molar-refractivity contribution in [3.8, 4) is 16.9 Å². The van der Waals surface area contributed by atoms with Crippen LogP contribution in [0, 0.1) is 6.92 Å². The average molecular weight is 389 g/mol. The lowest BCUT2D eigenvalue weighted by Crippen LogP contribution is -2.02. The third-order valence-electron chi connectivity index (χ3n) is 3.77. The molecule has 0 unspecified atom stereocenters. The molecule has 0 aliphatic carbocycles. The number of halogens is 1. The molecule has 0 saturated carbocycles.